The van der Waals surface area contributed by atoms with E-state index in [0.717, 1.165) is 5.56 Å². The van der Waals surface area contributed by atoms with Crippen molar-refractivity contribution < 1.29 is 14.6 Å². The molecule has 1 aromatic carbocycles. The molecule has 4 nitrogen and oxygen atoms in total. The zero-order valence-corrected chi connectivity index (χ0v) is 11.0. The average Bonchev–Trinajstić information content (AvgIpc) is 2.38. The van der Waals surface area contributed by atoms with E-state index in [-0.39, 0.29) is 18.6 Å². The molecule has 0 radical (unpaired) electrons. The van der Waals surface area contributed by atoms with Crippen LogP contribution in [-0.4, -0.2) is 48.3 Å². The summed E-state index contributed by atoms with van der Waals surface area (Å²) < 4.78 is 5.25. The lowest BCUT2D eigenvalue weighted by atomic mass is 10.1. The number of hydrogen-bond acceptors (Lipinski definition) is 3. The van der Waals surface area contributed by atoms with E-state index in [9.17, 15) is 9.90 Å². The van der Waals surface area contributed by atoms with Crippen LogP contribution in [0.3, 0.4) is 0 Å². The Balaban J connectivity index is 2.24. The fraction of sp³-hybridized carbons (Fsp3) is 0.462. The van der Waals surface area contributed by atoms with Gasteiger partial charge in [-0.15, -0.1) is 0 Å². The smallest absolute Gasteiger partial charge is 0.255 e. The second-order valence-electron chi connectivity index (χ2n) is 4.39. The molecule has 0 spiro atoms. The molecule has 1 amide bonds. The largest absolute Gasteiger partial charge is 0.394 e. The van der Waals surface area contributed by atoms with Crippen molar-refractivity contribution in [1.82, 2.24) is 4.90 Å². The predicted molar refractivity (Wildman–Crippen MR) is 68.9 cm³/mol. The topological polar surface area (TPSA) is 49.8 Å². The molecule has 2 rings (SSSR count). The van der Waals surface area contributed by atoms with E-state index < -0.39 is 0 Å². The van der Waals surface area contributed by atoms with Gasteiger partial charge in [0.05, 0.1) is 36.4 Å². The van der Waals surface area contributed by atoms with Gasteiger partial charge in [0, 0.05) is 6.54 Å². The zero-order valence-electron chi connectivity index (χ0n) is 10.2. The molecule has 1 fully saturated rings. The standard InChI is InChI=1S/C13H16ClNO3/c1-9-2-3-11(12(14)6-9)13(17)15-4-5-18-8-10(15)7-16/h2-3,6,10,16H,4-5,7-8H2,1H3. The molecule has 1 unspecified atom stereocenters. The van der Waals surface area contributed by atoms with Crippen LogP contribution in [0.4, 0.5) is 0 Å². The highest BCUT2D eigenvalue weighted by Gasteiger charge is 2.28. The van der Waals surface area contributed by atoms with Crippen LogP contribution in [0.15, 0.2) is 18.2 Å². The monoisotopic (exact) mass is 269 g/mol. The number of hydrogen-bond donors (Lipinski definition) is 1. The maximum atomic E-state index is 12.4. The van der Waals surface area contributed by atoms with Crippen LogP contribution in [-0.2, 0) is 4.74 Å². The molecule has 1 saturated heterocycles. The van der Waals surface area contributed by atoms with Gasteiger partial charge in [-0.25, -0.2) is 0 Å². The number of carbonyl (C=O) groups excluding carboxylic acids is 1. The molecule has 0 bridgehead atoms. The van der Waals surface area contributed by atoms with E-state index in [4.69, 9.17) is 16.3 Å². The molecule has 1 aromatic rings. The van der Waals surface area contributed by atoms with Crippen LogP contribution >= 0.6 is 11.6 Å². The minimum Gasteiger partial charge on any atom is -0.394 e. The first-order chi connectivity index (χ1) is 8.63. The number of aliphatic hydroxyl groups excluding tert-OH is 1. The highest BCUT2D eigenvalue weighted by Crippen LogP contribution is 2.21. The minimum absolute atomic E-state index is 0.102. The van der Waals surface area contributed by atoms with Crippen molar-refractivity contribution in [2.24, 2.45) is 0 Å². The van der Waals surface area contributed by atoms with E-state index in [1.807, 2.05) is 13.0 Å². The van der Waals surface area contributed by atoms with Gasteiger partial charge in [-0.2, -0.15) is 0 Å². The molecule has 5 heteroatoms. The summed E-state index contributed by atoms with van der Waals surface area (Å²) in [5, 5.41) is 9.71. The van der Waals surface area contributed by atoms with Gasteiger partial charge in [0.25, 0.3) is 5.91 Å². The summed E-state index contributed by atoms with van der Waals surface area (Å²) >= 11 is 6.09. The summed E-state index contributed by atoms with van der Waals surface area (Å²) in [5.41, 5.74) is 1.49. The van der Waals surface area contributed by atoms with Crippen LogP contribution in [0, 0.1) is 6.92 Å². The molecule has 1 heterocycles. The Morgan fingerprint density at radius 1 is 1.61 bits per heavy atom. The molecular formula is C13H16ClNO3. The van der Waals surface area contributed by atoms with Gasteiger partial charge in [0.1, 0.15) is 0 Å². The van der Waals surface area contributed by atoms with Gasteiger partial charge in [-0.1, -0.05) is 17.7 Å². The molecule has 18 heavy (non-hydrogen) atoms. The number of morpholine rings is 1. The lowest BCUT2D eigenvalue weighted by molar-refractivity contribution is -0.0183. The number of halogens is 1. The Kier molecular flexibility index (Phi) is 4.22. The number of nitrogens with zero attached hydrogens (tertiary/aromatic N) is 1. The highest BCUT2D eigenvalue weighted by molar-refractivity contribution is 6.33. The van der Waals surface area contributed by atoms with E-state index >= 15 is 0 Å². The molecule has 0 aromatic heterocycles. The highest BCUT2D eigenvalue weighted by atomic mass is 35.5. The maximum absolute atomic E-state index is 12.4. The SMILES string of the molecule is Cc1ccc(C(=O)N2CCOCC2CO)c(Cl)c1. The number of benzene rings is 1. The normalized spacial score (nSPS) is 19.9. The number of aliphatic hydroxyl groups is 1. The Morgan fingerprint density at radius 2 is 2.39 bits per heavy atom. The minimum atomic E-state index is -0.288. The van der Waals surface area contributed by atoms with Crippen LogP contribution < -0.4 is 0 Å². The Bertz CT molecular complexity index is 450. The summed E-state index contributed by atoms with van der Waals surface area (Å²) in [6.07, 6.45) is 0. The summed E-state index contributed by atoms with van der Waals surface area (Å²) in [5.74, 6) is -0.151. The number of aryl methyl sites for hydroxylation is 1. The summed E-state index contributed by atoms with van der Waals surface area (Å²) in [6, 6.07) is 5.06. The van der Waals surface area contributed by atoms with Crippen molar-refractivity contribution in [2.45, 2.75) is 13.0 Å². The fourth-order valence-corrected chi connectivity index (χ4v) is 2.34. The first-order valence-corrected chi connectivity index (χ1v) is 6.27. The van der Waals surface area contributed by atoms with Gasteiger partial charge < -0.3 is 14.7 Å². The van der Waals surface area contributed by atoms with Crippen molar-refractivity contribution in [2.75, 3.05) is 26.4 Å². The first kappa shape index (κ1) is 13.3. The first-order valence-electron chi connectivity index (χ1n) is 5.89. The Labute approximate surface area is 111 Å². The number of amides is 1. The molecule has 1 aliphatic heterocycles. The zero-order chi connectivity index (χ0) is 13.1. The van der Waals surface area contributed by atoms with Gasteiger partial charge in [-0.05, 0) is 24.6 Å². The average molecular weight is 270 g/mol. The predicted octanol–water partition coefficient (Wildman–Crippen LogP) is 1.48. The van der Waals surface area contributed by atoms with Crippen molar-refractivity contribution in [3.8, 4) is 0 Å². The van der Waals surface area contributed by atoms with Crippen LogP contribution in [0.2, 0.25) is 5.02 Å². The number of rotatable bonds is 2. The Morgan fingerprint density at radius 3 is 3.06 bits per heavy atom. The lowest BCUT2D eigenvalue weighted by Gasteiger charge is -2.34. The third kappa shape index (κ3) is 2.66. The summed E-state index contributed by atoms with van der Waals surface area (Å²) in [6.45, 7) is 3.16. The van der Waals surface area contributed by atoms with Gasteiger partial charge in [0.2, 0.25) is 0 Å². The summed E-state index contributed by atoms with van der Waals surface area (Å²) in [4.78, 5) is 14.0. The third-order valence-corrected chi connectivity index (χ3v) is 3.37. The van der Waals surface area contributed by atoms with Crippen molar-refractivity contribution >= 4 is 17.5 Å². The second kappa shape index (κ2) is 5.69. The van der Waals surface area contributed by atoms with Crippen LogP contribution in [0.25, 0.3) is 0 Å². The number of ether oxygens (including phenoxy) is 1. The van der Waals surface area contributed by atoms with Crippen molar-refractivity contribution in [3.05, 3.63) is 34.3 Å². The van der Waals surface area contributed by atoms with E-state index in [2.05, 4.69) is 0 Å². The molecular weight excluding hydrogens is 254 g/mol. The summed E-state index contributed by atoms with van der Waals surface area (Å²) in [7, 11) is 0. The molecule has 1 N–H and O–H groups in total. The molecule has 1 atom stereocenters. The fourth-order valence-electron chi connectivity index (χ4n) is 2.02. The number of carbonyl (C=O) groups is 1. The Hall–Kier alpha value is -1.10. The van der Waals surface area contributed by atoms with Crippen molar-refractivity contribution in [1.29, 1.82) is 0 Å². The quantitative estimate of drug-likeness (QED) is 0.885. The van der Waals surface area contributed by atoms with Gasteiger partial charge in [-0.3, -0.25) is 4.79 Å². The van der Waals surface area contributed by atoms with E-state index in [0.29, 0.717) is 30.3 Å². The van der Waals surface area contributed by atoms with Crippen LogP contribution in [0.5, 0.6) is 0 Å². The van der Waals surface area contributed by atoms with Gasteiger partial charge >= 0.3 is 0 Å². The molecule has 98 valence electrons. The molecule has 0 saturated carbocycles. The maximum Gasteiger partial charge on any atom is 0.255 e. The molecule has 1 aliphatic rings. The van der Waals surface area contributed by atoms with Crippen LogP contribution in [0.1, 0.15) is 15.9 Å². The van der Waals surface area contributed by atoms with E-state index in [1.165, 1.54) is 0 Å². The third-order valence-electron chi connectivity index (χ3n) is 3.05. The van der Waals surface area contributed by atoms with E-state index in [1.54, 1.807) is 17.0 Å². The molecule has 0 aliphatic carbocycles. The van der Waals surface area contributed by atoms with Crippen molar-refractivity contribution in [3.63, 3.8) is 0 Å². The second-order valence-corrected chi connectivity index (χ2v) is 4.80. The van der Waals surface area contributed by atoms with Gasteiger partial charge in [0.15, 0.2) is 0 Å². The lowest BCUT2D eigenvalue weighted by Crippen LogP contribution is -2.50.